The zero-order valence-electron chi connectivity index (χ0n) is 6.93. The van der Waals surface area contributed by atoms with Crippen molar-refractivity contribution in [2.24, 2.45) is 0 Å². The molecule has 0 saturated heterocycles. The Morgan fingerprint density at radius 1 is 1.36 bits per heavy atom. The van der Waals surface area contributed by atoms with Crippen LogP contribution in [0.15, 0.2) is 24.3 Å². The minimum Gasteiger partial charge on any atom is -0.323 e. The summed E-state index contributed by atoms with van der Waals surface area (Å²) in [6.45, 7) is 0. The van der Waals surface area contributed by atoms with Crippen LogP contribution >= 0.6 is 0 Å². The molecule has 1 aromatic carbocycles. The van der Waals surface area contributed by atoms with Crippen LogP contribution in [-0.4, -0.2) is 22.9 Å². The summed E-state index contributed by atoms with van der Waals surface area (Å²) >= 11 is 0. The lowest BCUT2D eigenvalue weighted by Crippen LogP contribution is -2.11. The van der Waals surface area contributed by atoms with Crippen LogP contribution in [0.2, 0.25) is 0 Å². The van der Waals surface area contributed by atoms with Crippen LogP contribution in [-0.2, 0) is 10.3 Å². The van der Waals surface area contributed by atoms with E-state index in [1.165, 1.54) is 0 Å². The standard InChI is InChI=1S/C7H7N3O3S/c11-14(12,13)10-7-8-5-3-1-2-4-6(5)9-7/h1-4H,(H2,8,9,10)(H,11,12,13). The number of fused-ring (bicyclic) bond motifs is 1. The number of nitrogens with zero attached hydrogens (tertiary/aromatic N) is 1. The number of imidazole rings is 1. The van der Waals surface area contributed by atoms with E-state index in [9.17, 15) is 8.42 Å². The predicted octanol–water partition coefficient (Wildman–Crippen LogP) is 0.778. The zero-order valence-corrected chi connectivity index (χ0v) is 7.75. The summed E-state index contributed by atoms with van der Waals surface area (Å²) in [6, 6.07) is 7.04. The number of rotatable bonds is 2. The fourth-order valence-electron chi connectivity index (χ4n) is 1.12. The van der Waals surface area contributed by atoms with Gasteiger partial charge in [-0.1, -0.05) is 12.1 Å². The Kier molecular flexibility index (Phi) is 1.90. The fraction of sp³-hybridized carbons (Fsp3) is 0. The van der Waals surface area contributed by atoms with E-state index in [1.807, 2.05) is 4.72 Å². The van der Waals surface area contributed by atoms with Gasteiger partial charge in [0, 0.05) is 0 Å². The number of anilines is 1. The van der Waals surface area contributed by atoms with Crippen molar-refractivity contribution in [1.29, 1.82) is 0 Å². The number of H-pyrrole nitrogens is 1. The Morgan fingerprint density at radius 2 is 2.07 bits per heavy atom. The molecule has 2 rings (SSSR count). The van der Waals surface area contributed by atoms with Crippen molar-refractivity contribution in [2.45, 2.75) is 0 Å². The summed E-state index contributed by atoms with van der Waals surface area (Å²) < 4.78 is 31.3. The molecule has 0 bridgehead atoms. The van der Waals surface area contributed by atoms with Crippen LogP contribution in [0.3, 0.4) is 0 Å². The lowest BCUT2D eigenvalue weighted by molar-refractivity contribution is 0.489. The number of hydrogen-bond acceptors (Lipinski definition) is 3. The van der Waals surface area contributed by atoms with Gasteiger partial charge in [-0.3, -0.25) is 4.55 Å². The van der Waals surface area contributed by atoms with E-state index in [0.717, 1.165) is 0 Å². The number of nitrogens with one attached hydrogen (secondary N) is 2. The highest BCUT2D eigenvalue weighted by Crippen LogP contribution is 2.13. The second-order valence-electron chi connectivity index (χ2n) is 2.68. The van der Waals surface area contributed by atoms with E-state index in [4.69, 9.17) is 4.55 Å². The second-order valence-corrected chi connectivity index (χ2v) is 3.83. The Hall–Kier alpha value is -1.60. The molecule has 0 saturated carbocycles. The molecule has 3 N–H and O–H groups in total. The van der Waals surface area contributed by atoms with Crippen LogP contribution in [0.5, 0.6) is 0 Å². The SMILES string of the molecule is O=S(=O)(O)Nc1nc2ccccc2[nH]1. The van der Waals surface area contributed by atoms with Crippen LogP contribution in [0, 0.1) is 0 Å². The first kappa shape index (κ1) is 8.97. The average Bonchev–Trinajstić information content (AvgIpc) is 2.42. The van der Waals surface area contributed by atoms with Crippen molar-refractivity contribution in [3.8, 4) is 0 Å². The lowest BCUT2D eigenvalue weighted by Gasteiger charge is -1.94. The van der Waals surface area contributed by atoms with Crippen LogP contribution in [0.4, 0.5) is 5.95 Å². The monoisotopic (exact) mass is 213 g/mol. The van der Waals surface area contributed by atoms with Crippen molar-refractivity contribution >= 4 is 27.3 Å². The number of aromatic amines is 1. The molecule has 0 aliphatic rings. The molecular formula is C7H7N3O3S. The fourth-order valence-corrected chi connectivity index (χ4v) is 1.46. The minimum atomic E-state index is -4.27. The molecule has 0 aliphatic carbocycles. The molecule has 0 atom stereocenters. The van der Waals surface area contributed by atoms with Crippen molar-refractivity contribution in [3.63, 3.8) is 0 Å². The first-order valence-electron chi connectivity index (χ1n) is 3.74. The van der Waals surface area contributed by atoms with Gasteiger partial charge in [-0.05, 0) is 12.1 Å². The largest absolute Gasteiger partial charge is 0.359 e. The normalized spacial score (nSPS) is 11.8. The summed E-state index contributed by atoms with van der Waals surface area (Å²) in [5.41, 5.74) is 1.32. The summed E-state index contributed by atoms with van der Waals surface area (Å²) in [4.78, 5) is 6.58. The Labute approximate surface area is 79.9 Å². The highest BCUT2D eigenvalue weighted by molar-refractivity contribution is 7.87. The van der Waals surface area contributed by atoms with Crippen molar-refractivity contribution < 1.29 is 13.0 Å². The van der Waals surface area contributed by atoms with Gasteiger partial charge in [-0.25, -0.2) is 9.71 Å². The van der Waals surface area contributed by atoms with Gasteiger partial charge in [-0.15, -0.1) is 0 Å². The topological polar surface area (TPSA) is 95.1 Å². The quantitative estimate of drug-likeness (QED) is 0.642. The molecule has 1 heterocycles. The summed E-state index contributed by atoms with van der Waals surface area (Å²) in [7, 11) is -4.27. The summed E-state index contributed by atoms with van der Waals surface area (Å²) in [6.07, 6.45) is 0. The molecule has 0 aliphatic heterocycles. The van der Waals surface area contributed by atoms with Gasteiger partial charge in [0.1, 0.15) is 0 Å². The Balaban J connectivity index is 2.46. The Morgan fingerprint density at radius 3 is 2.71 bits per heavy atom. The first-order chi connectivity index (χ1) is 6.54. The van der Waals surface area contributed by atoms with E-state index in [2.05, 4.69) is 9.97 Å². The third-order valence-corrected chi connectivity index (χ3v) is 2.07. The number of benzene rings is 1. The maximum absolute atomic E-state index is 10.5. The molecule has 0 fully saturated rings. The van der Waals surface area contributed by atoms with Crippen molar-refractivity contribution in [1.82, 2.24) is 9.97 Å². The number of para-hydroxylation sites is 2. The molecular weight excluding hydrogens is 206 g/mol. The van der Waals surface area contributed by atoms with Gasteiger partial charge in [0.25, 0.3) is 0 Å². The van der Waals surface area contributed by atoms with Crippen LogP contribution in [0.25, 0.3) is 11.0 Å². The maximum atomic E-state index is 10.5. The number of hydrogen-bond donors (Lipinski definition) is 3. The first-order valence-corrected chi connectivity index (χ1v) is 5.18. The van der Waals surface area contributed by atoms with E-state index in [1.54, 1.807) is 24.3 Å². The lowest BCUT2D eigenvalue weighted by atomic mass is 10.3. The molecule has 6 nitrogen and oxygen atoms in total. The van der Waals surface area contributed by atoms with Crippen LogP contribution in [0.1, 0.15) is 0 Å². The highest BCUT2D eigenvalue weighted by Gasteiger charge is 2.07. The minimum absolute atomic E-state index is 0.00583. The molecule has 0 unspecified atom stereocenters. The van der Waals surface area contributed by atoms with Crippen molar-refractivity contribution in [3.05, 3.63) is 24.3 Å². The summed E-state index contributed by atoms with van der Waals surface area (Å²) in [5, 5.41) is 0. The smallest absolute Gasteiger partial charge is 0.323 e. The van der Waals surface area contributed by atoms with Gasteiger partial charge in [-0.2, -0.15) is 8.42 Å². The molecule has 1 aromatic heterocycles. The second kappa shape index (κ2) is 2.96. The van der Waals surface area contributed by atoms with E-state index >= 15 is 0 Å². The number of aromatic nitrogens is 2. The highest BCUT2D eigenvalue weighted by atomic mass is 32.2. The molecule has 2 aromatic rings. The predicted molar refractivity (Wildman–Crippen MR) is 51.3 cm³/mol. The maximum Gasteiger partial charge on any atom is 0.359 e. The van der Waals surface area contributed by atoms with Gasteiger partial charge >= 0.3 is 10.3 Å². The molecule has 74 valence electrons. The molecule has 0 amide bonds. The Bertz CT molecular complexity index is 527. The summed E-state index contributed by atoms with van der Waals surface area (Å²) in [5.74, 6) is -0.00583. The van der Waals surface area contributed by atoms with E-state index < -0.39 is 10.3 Å². The third kappa shape index (κ3) is 1.83. The van der Waals surface area contributed by atoms with Gasteiger partial charge < -0.3 is 4.98 Å². The molecule has 14 heavy (non-hydrogen) atoms. The molecule has 0 radical (unpaired) electrons. The zero-order chi connectivity index (χ0) is 10.2. The van der Waals surface area contributed by atoms with Gasteiger partial charge in [0.15, 0.2) is 0 Å². The third-order valence-electron chi connectivity index (χ3n) is 1.62. The van der Waals surface area contributed by atoms with Gasteiger partial charge in [0.2, 0.25) is 5.95 Å². The van der Waals surface area contributed by atoms with E-state index in [0.29, 0.717) is 11.0 Å². The van der Waals surface area contributed by atoms with Gasteiger partial charge in [0.05, 0.1) is 11.0 Å². The molecule has 7 heteroatoms. The average molecular weight is 213 g/mol. The molecule has 0 spiro atoms. The van der Waals surface area contributed by atoms with Crippen molar-refractivity contribution in [2.75, 3.05) is 4.72 Å². The van der Waals surface area contributed by atoms with E-state index in [-0.39, 0.29) is 5.95 Å². The van der Waals surface area contributed by atoms with Crippen LogP contribution < -0.4 is 4.72 Å².